The van der Waals surface area contributed by atoms with Crippen LogP contribution in [-0.4, -0.2) is 92.6 Å². The second kappa shape index (κ2) is 32.5. The maximum atomic E-state index is 9.84. The Morgan fingerprint density at radius 2 is 0.595 bits per heavy atom. The fourth-order valence-corrected chi connectivity index (χ4v) is 2.06. The molecule has 0 aromatic carbocycles. The summed E-state index contributed by atoms with van der Waals surface area (Å²) in [6.07, 6.45) is 2.62. The third-order valence-electron chi connectivity index (χ3n) is 4.41. The molecule has 0 aromatic heterocycles. The van der Waals surface area contributed by atoms with Gasteiger partial charge in [0.15, 0.2) is 0 Å². The molecule has 0 spiro atoms. The number of carboxylic acids is 4. The van der Waals surface area contributed by atoms with Gasteiger partial charge in [-0.3, -0.25) is 0 Å². The number of aliphatic hydroxyl groups is 4. The van der Waals surface area contributed by atoms with E-state index in [1.54, 1.807) is 0 Å². The van der Waals surface area contributed by atoms with Crippen LogP contribution in [-0.2, 0) is 19.2 Å². The summed E-state index contributed by atoms with van der Waals surface area (Å²) in [5.41, 5.74) is 0. The maximum Gasteiger partial charge on any atom is 4.00 e. The van der Waals surface area contributed by atoms with Gasteiger partial charge in [0, 0.05) is 0 Å². The van der Waals surface area contributed by atoms with E-state index in [1.165, 1.54) is 0 Å². The standard InChI is InChI=1S/4C6H12O3.Sn/c4*1-2-3-4-5(7)6(8)9;/h4*5,7H,2-4H2,1H3,(H,8,9);/q;;;;+4/p-4. The zero-order valence-electron chi connectivity index (χ0n) is 22.3. The number of unbranched alkanes of at least 4 members (excludes halogenated alkanes) is 4. The van der Waals surface area contributed by atoms with Crippen molar-refractivity contribution in [3.8, 4) is 0 Å². The molecular formula is C24H44O12Sn. The van der Waals surface area contributed by atoms with Gasteiger partial charge in [0.25, 0.3) is 0 Å². The van der Waals surface area contributed by atoms with Gasteiger partial charge >= 0.3 is 23.9 Å². The van der Waals surface area contributed by atoms with Crippen molar-refractivity contribution in [2.75, 3.05) is 0 Å². The first-order valence-corrected chi connectivity index (χ1v) is 12.3. The van der Waals surface area contributed by atoms with Crippen molar-refractivity contribution in [2.24, 2.45) is 0 Å². The first-order valence-electron chi connectivity index (χ1n) is 12.3. The Balaban J connectivity index is -0.000000122. The van der Waals surface area contributed by atoms with E-state index >= 15 is 0 Å². The summed E-state index contributed by atoms with van der Waals surface area (Å²) in [4.78, 5) is 39.4. The summed E-state index contributed by atoms with van der Waals surface area (Å²) < 4.78 is 0. The SMILES string of the molecule is CCCCC(O)C(=O)[O-].CCCCC(O)C(=O)[O-].CCCCC(O)C(=O)[O-].CCCCC(O)C(=O)[O-].[Sn+4]. The van der Waals surface area contributed by atoms with E-state index in [0.29, 0.717) is 25.7 Å². The van der Waals surface area contributed by atoms with Crippen LogP contribution < -0.4 is 20.4 Å². The molecule has 4 N–H and O–H groups in total. The van der Waals surface area contributed by atoms with Crippen LogP contribution in [0.15, 0.2) is 0 Å². The van der Waals surface area contributed by atoms with Crippen molar-refractivity contribution >= 4 is 47.8 Å². The number of hydrogen-bond acceptors (Lipinski definition) is 12. The molecule has 0 radical (unpaired) electrons. The second-order valence-electron chi connectivity index (χ2n) is 7.91. The molecule has 0 fully saturated rings. The molecule has 0 saturated carbocycles. The molecule has 0 aliphatic carbocycles. The summed E-state index contributed by atoms with van der Waals surface area (Å²) in [5.74, 6) is -5.49. The summed E-state index contributed by atoms with van der Waals surface area (Å²) in [5, 5.41) is 73.8. The molecule has 0 saturated heterocycles. The Labute approximate surface area is 236 Å². The smallest absolute Gasteiger partial charge is 0.547 e. The van der Waals surface area contributed by atoms with Crippen LogP contribution in [0.1, 0.15) is 105 Å². The third-order valence-corrected chi connectivity index (χ3v) is 4.41. The zero-order chi connectivity index (χ0) is 29.1. The molecule has 0 aliphatic rings. The quantitative estimate of drug-likeness (QED) is 0.121. The molecule has 4 unspecified atom stereocenters. The van der Waals surface area contributed by atoms with Gasteiger partial charge in [0.2, 0.25) is 0 Å². The molecule has 0 rings (SSSR count). The number of aliphatic carboxylic acids is 4. The van der Waals surface area contributed by atoms with Crippen LogP contribution in [0.2, 0.25) is 0 Å². The Bertz CT molecular complexity index is 464. The molecule has 12 nitrogen and oxygen atoms in total. The first kappa shape index (κ1) is 45.4. The van der Waals surface area contributed by atoms with Gasteiger partial charge in [-0.25, -0.2) is 0 Å². The van der Waals surface area contributed by atoms with Crippen molar-refractivity contribution in [1.29, 1.82) is 0 Å². The summed E-state index contributed by atoms with van der Waals surface area (Å²) in [6.45, 7) is 7.73. The van der Waals surface area contributed by atoms with Gasteiger partial charge in [-0.2, -0.15) is 0 Å². The van der Waals surface area contributed by atoms with Crippen molar-refractivity contribution < 1.29 is 60.0 Å². The number of aliphatic hydroxyl groups excluding tert-OH is 4. The van der Waals surface area contributed by atoms with Gasteiger partial charge in [-0.15, -0.1) is 0 Å². The van der Waals surface area contributed by atoms with Gasteiger partial charge in [0.05, 0.1) is 48.3 Å². The van der Waals surface area contributed by atoms with E-state index in [-0.39, 0.29) is 23.9 Å². The van der Waals surface area contributed by atoms with Crippen LogP contribution in [0.4, 0.5) is 0 Å². The van der Waals surface area contributed by atoms with Gasteiger partial charge in [-0.1, -0.05) is 79.1 Å². The molecule has 0 amide bonds. The molecule has 0 heterocycles. The molecule has 4 atom stereocenters. The van der Waals surface area contributed by atoms with E-state index in [0.717, 1.165) is 51.4 Å². The minimum absolute atomic E-state index is 0. The number of hydrogen-bond donors (Lipinski definition) is 4. The van der Waals surface area contributed by atoms with Gasteiger partial charge in [-0.05, 0) is 25.7 Å². The van der Waals surface area contributed by atoms with Crippen molar-refractivity contribution in [2.45, 2.75) is 129 Å². The molecule has 13 heteroatoms. The van der Waals surface area contributed by atoms with Crippen molar-refractivity contribution in [1.82, 2.24) is 0 Å². The Morgan fingerprint density at radius 1 is 0.459 bits per heavy atom. The monoisotopic (exact) mass is 644 g/mol. The molecule has 216 valence electrons. The molecule has 0 aromatic rings. The number of carbonyl (C=O) groups excluding carboxylic acids is 4. The molecule has 0 bridgehead atoms. The van der Waals surface area contributed by atoms with Crippen LogP contribution >= 0.6 is 0 Å². The van der Waals surface area contributed by atoms with E-state index in [4.69, 9.17) is 20.4 Å². The average Bonchev–Trinajstić information content (AvgIpc) is 2.83. The number of carbonyl (C=O) groups is 4. The van der Waals surface area contributed by atoms with Crippen molar-refractivity contribution in [3.63, 3.8) is 0 Å². The topological polar surface area (TPSA) is 241 Å². The van der Waals surface area contributed by atoms with E-state index in [9.17, 15) is 39.6 Å². The molecule has 37 heavy (non-hydrogen) atoms. The van der Waals surface area contributed by atoms with Gasteiger partial charge in [0.1, 0.15) is 0 Å². The minimum atomic E-state index is -1.37. The second-order valence-corrected chi connectivity index (χ2v) is 7.91. The Morgan fingerprint density at radius 3 is 0.676 bits per heavy atom. The third kappa shape index (κ3) is 39.2. The summed E-state index contributed by atoms with van der Waals surface area (Å²) in [7, 11) is 0. The van der Waals surface area contributed by atoms with Crippen LogP contribution in [0.3, 0.4) is 0 Å². The fourth-order valence-electron chi connectivity index (χ4n) is 2.06. The Hall–Kier alpha value is -1.48. The largest absolute Gasteiger partial charge is 4.00 e. The number of carboxylic acid groups (broad SMARTS) is 4. The normalized spacial score (nSPS) is 12.8. The number of rotatable bonds is 16. The van der Waals surface area contributed by atoms with Crippen LogP contribution in [0.5, 0.6) is 0 Å². The summed E-state index contributed by atoms with van der Waals surface area (Å²) >= 11 is 0. The summed E-state index contributed by atoms with van der Waals surface area (Å²) in [6, 6.07) is 0. The minimum Gasteiger partial charge on any atom is -0.547 e. The predicted octanol–water partition coefficient (Wildman–Crippen LogP) is -3.23. The van der Waals surface area contributed by atoms with Gasteiger partial charge < -0.3 is 60.0 Å². The maximum absolute atomic E-state index is 9.84. The first-order chi connectivity index (χ1) is 16.7. The van der Waals surface area contributed by atoms with Crippen LogP contribution in [0.25, 0.3) is 0 Å². The average molecular weight is 643 g/mol. The van der Waals surface area contributed by atoms with E-state index < -0.39 is 48.3 Å². The fraction of sp³-hybridized carbons (Fsp3) is 0.833. The zero-order valence-corrected chi connectivity index (χ0v) is 25.2. The molecular weight excluding hydrogens is 599 g/mol. The predicted molar refractivity (Wildman–Crippen MR) is 128 cm³/mol. The molecule has 0 aliphatic heterocycles. The van der Waals surface area contributed by atoms with Crippen LogP contribution in [0, 0.1) is 0 Å². The van der Waals surface area contributed by atoms with Crippen molar-refractivity contribution in [3.05, 3.63) is 0 Å². The Kier molecular flexibility index (Phi) is 40.0. The van der Waals surface area contributed by atoms with E-state index in [2.05, 4.69) is 0 Å². The van der Waals surface area contributed by atoms with E-state index in [1.807, 2.05) is 27.7 Å².